The van der Waals surface area contributed by atoms with Crippen LogP contribution >= 0.6 is 11.6 Å². The smallest absolute Gasteiger partial charge is 0.240 e. The van der Waals surface area contributed by atoms with Crippen molar-refractivity contribution in [1.29, 1.82) is 0 Å². The number of pyridine rings is 1. The lowest BCUT2D eigenvalue weighted by molar-refractivity contribution is 0.138. The summed E-state index contributed by atoms with van der Waals surface area (Å²) in [4.78, 5) is 13.6. The molecule has 0 aliphatic carbocycles. The largest absolute Gasteiger partial charge is 0.475 e. The molecule has 0 saturated heterocycles. The van der Waals surface area contributed by atoms with Gasteiger partial charge in [0.1, 0.15) is 23.3 Å². The summed E-state index contributed by atoms with van der Waals surface area (Å²) in [6.45, 7) is 1.84. The molecule has 1 aliphatic rings. The minimum absolute atomic E-state index is 0.0243. The molecule has 2 atom stereocenters. The second-order valence-corrected chi connectivity index (χ2v) is 7.19. The first-order chi connectivity index (χ1) is 11.8. The number of anilines is 1. The molecule has 1 aliphatic heterocycles. The minimum atomic E-state index is -2.51. The zero-order valence-electron chi connectivity index (χ0n) is 13.3. The molecule has 0 fully saturated rings. The Kier molecular flexibility index (Phi) is 5.01. The molecule has 2 aromatic rings. The summed E-state index contributed by atoms with van der Waals surface area (Å²) in [6, 6.07) is -0.342. The van der Waals surface area contributed by atoms with Gasteiger partial charge in [-0.2, -0.15) is 4.98 Å². The molecule has 2 aromatic heterocycles. The van der Waals surface area contributed by atoms with E-state index >= 15 is 0 Å². The Morgan fingerprint density at radius 2 is 2.12 bits per heavy atom. The van der Waals surface area contributed by atoms with E-state index in [9.17, 15) is 17.4 Å². The van der Waals surface area contributed by atoms with E-state index in [4.69, 9.17) is 16.3 Å². The van der Waals surface area contributed by atoms with Gasteiger partial charge in [-0.15, -0.1) is 0 Å². The Bertz CT molecular complexity index is 855. The summed E-state index contributed by atoms with van der Waals surface area (Å²) in [5, 5.41) is -0.422. The summed E-state index contributed by atoms with van der Waals surface area (Å²) in [7, 11) is -1.61. The van der Waals surface area contributed by atoms with Crippen molar-refractivity contribution in [2.75, 3.05) is 24.3 Å². The quantitative estimate of drug-likeness (QED) is 0.586. The zero-order valence-corrected chi connectivity index (χ0v) is 14.9. The first-order valence-corrected chi connectivity index (χ1v) is 9.31. The number of nitrogens with zero attached hydrogens (tertiary/aromatic N) is 4. The Balaban J connectivity index is 2.29. The molecule has 0 aromatic carbocycles. The van der Waals surface area contributed by atoms with Crippen molar-refractivity contribution in [3.8, 4) is 5.88 Å². The van der Waals surface area contributed by atoms with E-state index in [2.05, 4.69) is 15.0 Å². The van der Waals surface area contributed by atoms with Gasteiger partial charge in [0.15, 0.2) is 11.0 Å². The van der Waals surface area contributed by atoms with E-state index in [0.717, 1.165) is 0 Å². The maximum absolute atomic E-state index is 14.5. The fourth-order valence-electron chi connectivity index (χ4n) is 2.58. The molecule has 0 amide bonds. The highest BCUT2D eigenvalue weighted by atomic mass is 35.5. The molecule has 11 heteroatoms. The van der Waals surface area contributed by atoms with Crippen LogP contribution in [0.5, 0.6) is 5.88 Å². The third-order valence-corrected chi connectivity index (χ3v) is 4.73. The fraction of sp³-hybridized carbons (Fsp3) is 0.500. The van der Waals surface area contributed by atoms with Gasteiger partial charge in [0.05, 0.1) is 16.8 Å². The van der Waals surface area contributed by atoms with E-state index in [1.165, 1.54) is 6.26 Å². The maximum Gasteiger partial charge on any atom is 0.240 e. The van der Waals surface area contributed by atoms with Crippen molar-refractivity contribution in [1.82, 2.24) is 15.0 Å². The van der Waals surface area contributed by atoms with Crippen LogP contribution < -0.4 is 9.64 Å². The van der Waals surface area contributed by atoms with Crippen LogP contribution in [-0.4, -0.2) is 51.0 Å². The second-order valence-electron chi connectivity index (χ2n) is 5.56. The Hall–Kier alpha value is -1.68. The minimum Gasteiger partial charge on any atom is -0.475 e. The second kappa shape index (κ2) is 6.91. The molecule has 6 nitrogen and oxygen atoms in total. The number of halogens is 4. The third-order valence-electron chi connectivity index (χ3n) is 3.78. The van der Waals surface area contributed by atoms with Gasteiger partial charge in [-0.1, -0.05) is 11.6 Å². The lowest BCUT2D eigenvalue weighted by Crippen LogP contribution is -2.38. The van der Waals surface area contributed by atoms with Gasteiger partial charge in [0, 0.05) is 19.2 Å². The van der Waals surface area contributed by atoms with E-state index in [1.807, 2.05) is 0 Å². The molecule has 3 rings (SSSR count). The molecule has 0 bridgehead atoms. The standard InChI is InChI=1S/C14H14ClF3N4O2S/c1-6-5-24-13-8-10(9(18)11(15)20-13)19-14(25(2)23)21-12(8)22(6)4-3-7(16)17/h6-7H,3-5H2,1-2H3/t6-,25?/m0/s1. The Labute approximate surface area is 148 Å². The highest BCUT2D eigenvalue weighted by Gasteiger charge is 2.30. The topological polar surface area (TPSA) is 68.2 Å². The van der Waals surface area contributed by atoms with Crippen LogP contribution in [0, 0.1) is 5.82 Å². The Morgan fingerprint density at radius 1 is 1.40 bits per heavy atom. The van der Waals surface area contributed by atoms with E-state index in [0.29, 0.717) is 0 Å². The van der Waals surface area contributed by atoms with Gasteiger partial charge in [0.2, 0.25) is 17.5 Å². The predicted molar refractivity (Wildman–Crippen MR) is 87.6 cm³/mol. The summed E-state index contributed by atoms with van der Waals surface area (Å²) >= 11 is 5.79. The average Bonchev–Trinajstić information content (AvgIpc) is 2.68. The highest BCUT2D eigenvalue weighted by Crippen LogP contribution is 2.38. The van der Waals surface area contributed by atoms with Gasteiger partial charge in [-0.05, 0) is 6.92 Å². The maximum atomic E-state index is 14.5. The number of ether oxygens (including phenoxy) is 1. The number of hydrogen-bond acceptors (Lipinski definition) is 6. The van der Waals surface area contributed by atoms with E-state index in [1.54, 1.807) is 11.8 Å². The van der Waals surface area contributed by atoms with Crippen LogP contribution in [0.25, 0.3) is 10.9 Å². The van der Waals surface area contributed by atoms with Gasteiger partial charge in [0.25, 0.3) is 0 Å². The average molecular weight is 395 g/mol. The molecule has 0 radical (unpaired) electrons. The SMILES string of the molecule is C[C@H]1COc2nc(Cl)c(F)c3nc(S(C)=O)nc(c23)N1CCC(F)F. The van der Waals surface area contributed by atoms with Crippen molar-refractivity contribution in [2.45, 2.75) is 31.0 Å². The van der Waals surface area contributed by atoms with Gasteiger partial charge < -0.3 is 9.64 Å². The molecule has 1 unspecified atom stereocenters. The number of hydrogen-bond donors (Lipinski definition) is 0. The highest BCUT2D eigenvalue weighted by molar-refractivity contribution is 7.84. The number of alkyl halides is 2. The van der Waals surface area contributed by atoms with Crippen LogP contribution in [0.1, 0.15) is 13.3 Å². The molecular weight excluding hydrogens is 381 g/mol. The predicted octanol–water partition coefficient (Wildman–Crippen LogP) is 2.80. The molecule has 136 valence electrons. The van der Waals surface area contributed by atoms with Crippen molar-refractivity contribution in [3.63, 3.8) is 0 Å². The van der Waals surface area contributed by atoms with Crippen LogP contribution in [0.2, 0.25) is 5.15 Å². The lowest BCUT2D eigenvalue weighted by Gasteiger charge is -2.28. The van der Waals surface area contributed by atoms with Crippen LogP contribution in [-0.2, 0) is 10.8 Å². The van der Waals surface area contributed by atoms with Crippen molar-refractivity contribution >= 4 is 39.1 Å². The van der Waals surface area contributed by atoms with Gasteiger partial charge in [-0.25, -0.2) is 23.1 Å². The van der Waals surface area contributed by atoms with Crippen LogP contribution in [0.15, 0.2) is 5.16 Å². The lowest BCUT2D eigenvalue weighted by atomic mass is 10.2. The van der Waals surface area contributed by atoms with Gasteiger partial charge in [-0.3, -0.25) is 4.21 Å². The third kappa shape index (κ3) is 3.37. The normalized spacial score (nSPS) is 18.4. The van der Waals surface area contributed by atoms with Crippen LogP contribution in [0.3, 0.4) is 0 Å². The van der Waals surface area contributed by atoms with Crippen molar-refractivity contribution in [3.05, 3.63) is 11.0 Å². The zero-order chi connectivity index (χ0) is 18.3. The number of aromatic nitrogens is 3. The van der Waals surface area contributed by atoms with E-state index in [-0.39, 0.29) is 47.0 Å². The van der Waals surface area contributed by atoms with Gasteiger partial charge >= 0.3 is 0 Å². The summed E-state index contributed by atoms with van der Waals surface area (Å²) in [5.41, 5.74) is -0.193. The van der Waals surface area contributed by atoms with E-state index < -0.39 is 34.6 Å². The number of rotatable bonds is 4. The Morgan fingerprint density at radius 3 is 2.76 bits per heavy atom. The first kappa shape index (κ1) is 18.1. The summed E-state index contributed by atoms with van der Waals surface area (Å²) in [6.07, 6.45) is -1.57. The molecular formula is C14H14ClF3N4O2S. The summed E-state index contributed by atoms with van der Waals surface area (Å²) < 4.78 is 57.3. The molecule has 0 saturated carbocycles. The van der Waals surface area contributed by atoms with Crippen LogP contribution in [0.4, 0.5) is 19.0 Å². The molecule has 25 heavy (non-hydrogen) atoms. The van der Waals surface area contributed by atoms with Crippen molar-refractivity contribution < 1.29 is 22.1 Å². The van der Waals surface area contributed by atoms with Crippen molar-refractivity contribution in [2.24, 2.45) is 0 Å². The monoisotopic (exact) mass is 394 g/mol. The first-order valence-electron chi connectivity index (χ1n) is 7.37. The molecule has 0 N–H and O–H groups in total. The summed E-state index contributed by atoms with van der Waals surface area (Å²) in [5.74, 6) is -0.710. The molecule has 0 spiro atoms. The fourth-order valence-corrected chi connectivity index (χ4v) is 3.18. The molecule has 3 heterocycles.